The van der Waals surface area contributed by atoms with Crippen molar-refractivity contribution in [2.75, 3.05) is 18.4 Å². The van der Waals surface area contributed by atoms with Crippen LogP contribution in [0.3, 0.4) is 0 Å². The second-order valence-electron chi connectivity index (χ2n) is 7.04. The molecule has 1 aliphatic heterocycles. The number of amides is 2. The summed E-state index contributed by atoms with van der Waals surface area (Å²) in [4.78, 5) is 13.9. The molecule has 0 aliphatic carbocycles. The number of hydrogen-bond donors (Lipinski definition) is 1. The lowest BCUT2D eigenvalue weighted by Gasteiger charge is -2.40. The van der Waals surface area contributed by atoms with Crippen LogP contribution < -0.4 is 5.32 Å². The molecule has 1 saturated heterocycles. The van der Waals surface area contributed by atoms with E-state index in [9.17, 15) is 17.6 Å². The predicted molar refractivity (Wildman–Crippen MR) is 101 cm³/mol. The van der Waals surface area contributed by atoms with Crippen LogP contribution in [0.2, 0.25) is 0 Å². The van der Waals surface area contributed by atoms with Gasteiger partial charge in [0.1, 0.15) is 10.8 Å². The molecule has 1 aromatic heterocycles. The van der Waals surface area contributed by atoms with Crippen LogP contribution in [0.25, 0.3) is 0 Å². The molecule has 1 aliphatic rings. The van der Waals surface area contributed by atoms with E-state index in [1.165, 1.54) is 24.4 Å². The van der Waals surface area contributed by atoms with Gasteiger partial charge in [-0.25, -0.2) is 17.6 Å². The Kier molecular flexibility index (Phi) is 5.48. The number of nitrogens with one attached hydrogen (secondary N) is 1. The summed E-state index contributed by atoms with van der Waals surface area (Å²) in [5.74, 6) is -0.712. The highest BCUT2D eigenvalue weighted by atomic mass is 32.2. The molecule has 2 aromatic rings. The highest BCUT2D eigenvalue weighted by Crippen LogP contribution is 2.38. The molecule has 7 nitrogen and oxygen atoms in total. The van der Waals surface area contributed by atoms with Gasteiger partial charge in [-0.05, 0) is 50.8 Å². The fraction of sp³-hybridized carbons (Fsp3) is 0.471. The third-order valence-corrected chi connectivity index (χ3v) is 8.33. The van der Waals surface area contributed by atoms with Gasteiger partial charge < -0.3 is 4.90 Å². The van der Waals surface area contributed by atoms with Crippen LogP contribution in [-0.4, -0.2) is 46.8 Å². The van der Waals surface area contributed by atoms with Crippen LogP contribution in [0.1, 0.15) is 26.7 Å². The Morgan fingerprint density at radius 1 is 1.33 bits per heavy atom. The van der Waals surface area contributed by atoms with Gasteiger partial charge in [-0.3, -0.25) is 5.32 Å². The van der Waals surface area contributed by atoms with E-state index in [-0.39, 0.29) is 16.8 Å². The number of piperidine rings is 1. The van der Waals surface area contributed by atoms with Crippen molar-refractivity contribution in [1.29, 1.82) is 0 Å². The Hall–Kier alpha value is -2.07. The van der Waals surface area contributed by atoms with Crippen molar-refractivity contribution in [1.82, 2.24) is 14.5 Å². The summed E-state index contributed by atoms with van der Waals surface area (Å²) >= 11 is 1.09. The van der Waals surface area contributed by atoms with E-state index in [0.29, 0.717) is 30.9 Å². The Morgan fingerprint density at radius 2 is 2.04 bits per heavy atom. The zero-order valence-electron chi connectivity index (χ0n) is 15.1. The SMILES string of the molecule is CC(C)(C1CCN(C(=O)Nc2cnns2)CC1)S(=O)(=O)c1cccc(F)c1. The van der Waals surface area contributed by atoms with E-state index < -0.39 is 20.4 Å². The maximum atomic E-state index is 13.5. The van der Waals surface area contributed by atoms with Gasteiger partial charge in [-0.1, -0.05) is 10.6 Å². The minimum atomic E-state index is -3.71. The highest BCUT2D eigenvalue weighted by molar-refractivity contribution is 7.92. The molecule has 1 aromatic carbocycles. The lowest BCUT2D eigenvalue weighted by atomic mass is 9.86. The van der Waals surface area contributed by atoms with E-state index in [2.05, 4.69) is 14.9 Å². The fourth-order valence-electron chi connectivity index (χ4n) is 3.34. The van der Waals surface area contributed by atoms with Crippen molar-refractivity contribution >= 4 is 32.4 Å². The smallest absolute Gasteiger partial charge is 0.322 e. The number of benzene rings is 1. The summed E-state index contributed by atoms with van der Waals surface area (Å²) in [6, 6.07) is 4.86. The van der Waals surface area contributed by atoms with Gasteiger partial charge in [0.05, 0.1) is 15.8 Å². The number of nitrogens with zero attached hydrogens (tertiary/aromatic N) is 3. The first-order valence-corrected chi connectivity index (χ1v) is 10.8. The molecule has 27 heavy (non-hydrogen) atoms. The molecule has 0 bridgehead atoms. The fourth-order valence-corrected chi connectivity index (χ4v) is 5.56. The van der Waals surface area contributed by atoms with Gasteiger partial charge in [0.2, 0.25) is 0 Å². The first-order valence-electron chi connectivity index (χ1n) is 8.55. The number of urea groups is 1. The first-order chi connectivity index (χ1) is 12.7. The number of anilines is 1. The number of hydrogen-bond acceptors (Lipinski definition) is 6. The van der Waals surface area contributed by atoms with Crippen molar-refractivity contribution < 1.29 is 17.6 Å². The maximum absolute atomic E-state index is 13.5. The molecule has 3 rings (SSSR count). The third kappa shape index (κ3) is 3.96. The molecule has 0 atom stereocenters. The molecule has 0 radical (unpaired) electrons. The van der Waals surface area contributed by atoms with Crippen LogP contribution in [0.4, 0.5) is 14.2 Å². The maximum Gasteiger partial charge on any atom is 0.322 e. The van der Waals surface area contributed by atoms with Crippen LogP contribution in [-0.2, 0) is 9.84 Å². The van der Waals surface area contributed by atoms with Crippen molar-refractivity contribution in [2.45, 2.75) is 36.3 Å². The standard InChI is InChI=1S/C17H21FN4O3S2/c1-17(2,27(24,25)14-5-3-4-13(18)10-14)12-6-8-22(9-7-12)16(23)20-15-11-19-21-26-15/h3-5,10-12H,6-9H2,1-2H3,(H,20,23). The molecule has 0 unspecified atom stereocenters. The Morgan fingerprint density at radius 3 is 2.63 bits per heavy atom. The summed E-state index contributed by atoms with van der Waals surface area (Å²) in [5.41, 5.74) is 0. The van der Waals surface area contributed by atoms with Crippen molar-refractivity contribution in [3.63, 3.8) is 0 Å². The topological polar surface area (TPSA) is 92.3 Å². The highest BCUT2D eigenvalue weighted by Gasteiger charge is 2.44. The average Bonchev–Trinajstić information content (AvgIpc) is 3.14. The third-order valence-electron chi connectivity index (χ3n) is 5.16. The number of rotatable bonds is 4. The number of likely N-dealkylation sites (tertiary alicyclic amines) is 1. The number of sulfone groups is 1. The predicted octanol–water partition coefficient (Wildman–Crippen LogP) is 3.17. The molecule has 2 amide bonds. The van der Waals surface area contributed by atoms with Crippen LogP contribution in [0, 0.1) is 11.7 Å². The van der Waals surface area contributed by atoms with E-state index in [4.69, 9.17) is 0 Å². The minimum absolute atomic E-state index is 0.00892. The monoisotopic (exact) mass is 412 g/mol. The van der Waals surface area contributed by atoms with Gasteiger partial charge >= 0.3 is 6.03 Å². The number of halogens is 1. The molecule has 146 valence electrons. The molecule has 2 heterocycles. The Labute approximate surface area is 161 Å². The summed E-state index contributed by atoms with van der Waals surface area (Å²) in [5, 5.41) is 6.96. The molecular weight excluding hydrogens is 391 g/mol. The molecule has 0 saturated carbocycles. The molecule has 10 heteroatoms. The largest absolute Gasteiger partial charge is 0.324 e. The quantitative estimate of drug-likeness (QED) is 0.833. The molecule has 1 fully saturated rings. The molecule has 0 spiro atoms. The zero-order chi connectivity index (χ0) is 19.7. The second kappa shape index (κ2) is 7.51. The lowest BCUT2D eigenvalue weighted by Crippen LogP contribution is -2.48. The van der Waals surface area contributed by atoms with Crippen molar-refractivity contribution in [2.24, 2.45) is 5.92 Å². The van der Waals surface area contributed by atoms with Crippen molar-refractivity contribution in [3.05, 3.63) is 36.3 Å². The van der Waals surface area contributed by atoms with Crippen LogP contribution >= 0.6 is 11.5 Å². The van der Waals surface area contributed by atoms with Gasteiger partial charge in [-0.15, -0.1) is 5.10 Å². The number of carbonyl (C=O) groups excluding carboxylic acids is 1. The van der Waals surface area contributed by atoms with E-state index in [1.807, 2.05) is 0 Å². The second-order valence-corrected chi connectivity index (χ2v) is 10.4. The van der Waals surface area contributed by atoms with Crippen LogP contribution in [0.15, 0.2) is 35.4 Å². The van der Waals surface area contributed by atoms with E-state index in [0.717, 1.165) is 17.6 Å². The minimum Gasteiger partial charge on any atom is -0.324 e. The van der Waals surface area contributed by atoms with Gasteiger partial charge in [-0.2, -0.15) is 0 Å². The Balaban J connectivity index is 1.68. The molecular formula is C17H21FN4O3S2. The number of carbonyl (C=O) groups is 1. The summed E-state index contributed by atoms with van der Waals surface area (Å²) in [6.07, 6.45) is 2.58. The average molecular weight is 413 g/mol. The van der Waals surface area contributed by atoms with Gasteiger partial charge in [0, 0.05) is 24.6 Å². The van der Waals surface area contributed by atoms with Gasteiger partial charge in [0.25, 0.3) is 0 Å². The summed E-state index contributed by atoms with van der Waals surface area (Å²) in [6.45, 7) is 4.25. The Bertz CT molecular complexity index is 908. The van der Waals surface area contributed by atoms with E-state index >= 15 is 0 Å². The lowest BCUT2D eigenvalue weighted by molar-refractivity contribution is 0.171. The van der Waals surface area contributed by atoms with Gasteiger partial charge in [0.15, 0.2) is 9.84 Å². The normalized spacial score (nSPS) is 16.3. The number of aromatic nitrogens is 2. The van der Waals surface area contributed by atoms with Crippen LogP contribution in [0.5, 0.6) is 0 Å². The summed E-state index contributed by atoms with van der Waals surface area (Å²) < 4.78 is 42.2. The summed E-state index contributed by atoms with van der Waals surface area (Å²) in [7, 11) is -3.71. The van der Waals surface area contributed by atoms with E-state index in [1.54, 1.807) is 18.7 Å². The molecule has 1 N–H and O–H groups in total. The van der Waals surface area contributed by atoms with Crippen molar-refractivity contribution in [3.8, 4) is 0 Å². The zero-order valence-corrected chi connectivity index (χ0v) is 16.7. The first kappa shape index (κ1) is 19.7.